The predicted octanol–water partition coefficient (Wildman–Crippen LogP) is 1.94. The lowest BCUT2D eigenvalue weighted by Crippen LogP contribution is -2.42. The van der Waals surface area contributed by atoms with Crippen LogP contribution in [0.5, 0.6) is 0 Å². The van der Waals surface area contributed by atoms with E-state index < -0.39 is 0 Å². The maximum absolute atomic E-state index is 2.27. The van der Waals surface area contributed by atoms with Crippen LogP contribution >= 0.6 is 0 Å². The van der Waals surface area contributed by atoms with Gasteiger partial charge in [0.1, 0.15) is 6.54 Å². The third-order valence-electron chi connectivity index (χ3n) is 1.66. The van der Waals surface area contributed by atoms with Crippen molar-refractivity contribution in [1.29, 1.82) is 0 Å². The summed E-state index contributed by atoms with van der Waals surface area (Å²) in [6.07, 6.45) is 2.27. The Bertz CT molecular complexity index is 97.8. The van der Waals surface area contributed by atoms with Crippen molar-refractivity contribution in [3.8, 4) is 0 Å². The molecule has 0 fully saturated rings. The van der Waals surface area contributed by atoms with Gasteiger partial charge < -0.3 is 4.48 Å². The zero-order chi connectivity index (χ0) is 8.41. The lowest BCUT2D eigenvalue weighted by atomic mass is 9.89. The molecule has 0 amide bonds. The molecular weight excluding hydrogens is 122 g/mol. The minimum absolute atomic E-state index is 0.373. The molecule has 0 spiro atoms. The number of rotatable bonds is 3. The fraction of sp³-hybridized carbons (Fsp3) is 0.889. The van der Waals surface area contributed by atoms with Crippen molar-refractivity contribution in [1.82, 2.24) is 0 Å². The second-order valence-electron chi connectivity index (χ2n) is 4.73. The maximum Gasteiger partial charge on any atom is 0.150 e. The molecule has 0 rings (SSSR count). The van der Waals surface area contributed by atoms with Gasteiger partial charge in [-0.3, -0.25) is 0 Å². The highest BCUT2D eigenvalue weighted by molar-refractivity contribution is 4.79. The second-order valence-corrected chi connectivity index (χ2v) is 4.73. The van der Waals surface area contributed by atoms with Crippen LogP contribution < -0.4 is 0 Å². The van der Waals surface area contributed by atoms with Crippen molar-refractivity contribution in [3.05, 3.63) is 6.42 Å². The van der Waals surface area contributed by atoms with Gasteiger partial charge >= 0.3 is 0 Å². The summed E-state index contributed by atoms with van der Waals surface area (Å²) < 4.78 is 1.04. The van der Waals surface area contributed by atoms with Gasteiger partial charge in [-0.15, -0.1) is 0 Å². The Kier molecular flexibility index (Phi) is 2.78. The van der Waals surface area contributed by atoms with Crippen LogP contribution in [0, 0.1) is 11.8 Å². The average molecular weight is 143 g/mol. The molecule has 1 nitrogen and oxygen atoms in total. The summed E-state index contributed by atoms with van der Waals surface area (Å²) >= 11 is 0. The summed E-state index contributed by atoms with van der Waals surface area (Å²) in [7, 11) is 6.68. The molecule has 0 heterocycles. The smallest absolute Gasteiger partial charge is 0.150 e. The van der Waals surface area contributed by atoms with Crippen LogP contribution in [-0.4, -0.2) is 32.2 Å². The van der Waals surface area contributed by atoms with E-state index in [1.165, 1.54) is 6.54 Å². The van der Waals surface area contributed by atoms with E-state index in [0.29, 0.717) is 5.41 Å². The Morgan fingerprint density at radius 1 is 1.20 bits per heavy atom. The number of hydrogen-bond donors (Lipinski definition) is 0. The lowest BCUT2D eigenvalue weighted by molar-refractivity contribution is -0.876. The Hall–Kier alpha value is -0.170. The number of quaternary nitrogens is 1. The second kappa shape index (κ2) is 2.83. The fourth-order valence-electron chi connectivity index (χ4n) is 1.31. The van der Waals surface area contributed by atoms with Gasteiger partial charge in [0.2, 0.25) is 0 Å². The molecule has 0 N–H and O–H groups in total. The standard InChI is InChI=1S/C9H21N/c1-7-9(2,3)8-10(4,5)6/h7H,8H2,1-6H3/q+2. The molecule has 0 atom stereocenters. The Labute approximate surface area is 65.6 Å². The van der Waals surface area contributed by atoms with Gasteiger partial charge in [-0.1, -0.05) is 0 Å². The molecule has 0 aromatic rings. The van der Waals surface area contributed by atoms with Crippen LogP contribution in [0.2, 0.25) is 0 Å². The molecule has 0 aliphatic heterocycles. The molecular formula is C9H21N+2. The number of nitrogens with zero attached hydrogens (tertiary/aromatic N) is 1. The molecule has 0 bridgehead atoms. The third-order valence-corrected chi connectivity index (χ3v) is 1.66. The molecule has 60 valence electrons. The highest BCUT2D eigenvalue weighted by atomic mass is 15.3. The Balaban J connectivity index is 3.89. The van der Waals surface area contributed by atoms with Gasteiger partial charge in [-0.05, 0) is 13.8 Å². The van der Waals surface area contributed by atoms with Crippen molar-refractivity contribution in [2.24, 2.45) is 5.41 Å². The summed E-state index contributed by atoms with van der Waals surface area (Å²) in [5.41, 5.74) is 0.373. The molecule has 1 heteroatoms. The first-order valence-electron chi connectivity index (χ1n) is 3.88. The van der Waals surface area contributed by atoms with Gasteiger partial charge in [0.15, 0.2) is 5.41 Å². The first-order chi connectivity index (χ1) is 4.27. The molecule has 0 aliphatic carbocycles. The van der Waals surface area contributed by atoms with Gasteiger partial charge in [0.05, 0.1) is 34.5 Å². The summed E-state index contributed by atoms with van der Waals surface area (Å²) in [5, 5.41) is 0. The summed E-state index contributed by atoms with van der Waals surface area (Å²) in [6, 6.07) is 0. The quantitative estimate of drug-likeness (QED) is 0.418. The molecule has 0 saturated heterocycles. The van der Waals surface area contributed by atoms with E-state index in [0.717, 1.165) is 4.48 Å². The highest BCUT2D eigenvalue weighted by Gasteiger charge is 2.30. The SMILES string of the molecule is C[CH+]C(C)(C)C[N+](C)(C)C. The van der Waals surface area contributed by atoms with Crippen molar-refractivity contribution < 1.29 is 4.48 Å². The van der Waals surface area contributed by atoms with Crippen LogP contribution in [0.1, 0.15) is 20.8 Å². The van der Waals surface area contributed by atoms with E-state index >= 15 is 0 Å². The molecule has 0 unspecified atom stereocenters. The van der Waals surface area contributed by atoms with Crippen LogP contribution in [0.4, 0.5) is 0 Å². The molecule has 0 saturated carbocycles. The molecule has 0 aromatic carbocycles. The topological polar surface area (TPSA) is 0 Å². The summed E-state index contributed by atoms with van der Waals surface area (Å²) in [4.78, 5) is 0. The van der Waals surface area contributed by atoms with E-state index in [-0.39, 0.29) is 0 Å². The molecule has 0 radical (unpaired) electrons. The Morgan fingerprint density at radius 2 is 1.60 bits per heavy atom. The van der Waals surface area contributed by atoms with Crippen molar-refractivity contribution in [3.63, 3.8) is 0 Å². The fourth-order valence-corrected chi connectivity index (χ4v) is 1.31. The van der Waals surface area contributed by atoms with Crippen LogP contribution in [-0.2, 0) is 0 Å². The van der Waals surface area contributed by atoms with E-state index in [2.05, 4.69) is 48.3 Å². The minimum Gasteiger partial charge on any atom is -0.327 e. The van der Waals surface area contributed by atoms with Crippen molar-refractivity contribution in [2.75, 3.05) is 27.7 Å². The van der Waals surface area contributed by atoms with Crippen LogP contribution in [0.25, 0.3) is 0 Å². The zero-order valence-corrected chi connectivity index (χ0v) is 8.23. The maximum atomic E-state index is 2.27. The summed E-state index contributed by atoms with van der Waals surface area (Å²) in [6.45, 7) is 7.88. The predicted molar refractivity (Wildman–Crippen MR) is 46.7 cm³/mol. The van der Waals surface area contributed by atoms with E-state index in [1.807, 2.05) is 0 Å². The first kappa shape index (κ1) is 9.83. The van der Waals surface area contributed by atoms with Gasteiger partial charge in [-0.25, -0.2) is 0 Å². The van der Waals surface area contributed by atoms with Gasteiger partial charge in [-0.2, -0.15) is 0 Å². The minimum atomic E-state index is 0.373. The largest absolute Gasteiger partial charge is 0.327 e. The molecule has 0 aromatic heterocycles. The zero-order valence-electron chi connectivity index (χ0n) is 8.23. The van der Waals surface area contributed by atoms with Gasteiger partial charge in [0, 0.05) is 0 Å². The third kappa shape index (κ3) is 4.68. The van der Waals surface area contributed by atoms with Crippen LogP contribution in [0.15, 0.2) is 0 Å². The lowest BCUT2D eigenvalue weighted by Gasteiger charge is -2.29. The normalized spacial score (nSPS) is 13.4. The van der Waals surface area contributed by atoms with E-state index in [9.17, 15) is 0 Å². The average Bonchev–Trinajstić information content (AvgIpc) is 1.60. The van der Waals surface area contributed by atoms with Crippen molar-refractivity contribution >= 4 is 0 Å². The van der Waals surface area contributed by atoms with Crippen LogP contribution in [0.3, 0.4) is 0 Å². The van der Waals surface area contributed by atoms with Crippen molar-refractivity contribution in [2.45, 2.75) is 20.8 Å². The Morgan fingerprint density at radius 3 is 1.70 bits per heavy atom. The first-order valence-corrected chi connectivity index (χ1v) is 3.88. The van der Waals surface area contributed by atoms with E-state index in [1.54, 1.807) is 0 Å². The van der Waals surface area contributed by atoms with E-state index in [4.69, 9.17) is 0 Å². The molecule has 0 aliphatic rings. The monoisotopic (exact) mass is 143 g/mol. The molecule has 10 heavy (non-hydrogen) atoms. The highest BCUT2D eigenvalue weighted by Crippen LogP contribution is 2.20. The summed E-state index contributed by atoms with van der Waals surface area (Å²) in [5.74, 6) is 0. The van der Waals surface area contributed by atoms with Gasteiger partial charge in [0.25, 0.3) is 0 Å². The number of hydrogen-bond acceptors (Lipinski definition) is 0.